The van der Waals surface area contributed by atoms with E-state index in [0.717, 1.165) is 12.2 Å². The van der Waals surface area contributed by atoms with Crippen molar-refractivity contribution in [3.05, 3.63) is 24.3 Å². The molecule has 2 aliphatic rings. The standard InChI is InChI=1S/C15H20N4O3/c20-14(9-12-10-22-7-5-16-12)18-11-2-1-3-13(8-11)19-6-4-17-15(19)21/h1-3,8,12,16H,4-7,9-10H2,(H,17,21)(H,18,20). The highest BCUT2D eigenvalue weighted by molar-refractivity contribution is 5.96. The Morgan fingerprint density at radius 3 is 3.05 bits per heavy atom. The zero-order chi connectivity index (χ0) is 15.4. The Morgan fingerprint density at radius 2 is 2.32 bits per heavy atom. The quantitative estimate of drug-likeness (QED) is 0.758. The number of rotatable bonds is 4. The molecule has 2 fully saturated rings. The van der Waals surface area contributed by atoms with Crippen LogP contribution in [0, 0.1) is 0 Å². The smallest absolute Gasteiger partial charge is 0.321 e. The zero-order valence-electron chi connectivity index (χ0n) is 12.3. The summed E-state index contributed by atoms with van der Waals surface area (Å²) >= 11 is 0. The van der Waals surface area contributed by atoms with E-state index in [0.29, 0.717) is 38.4 Å². The molecule has 0 spiro atoms. The van der Waals surface area contributed by atoms with Gasteiger partial charge in [-0.15, -0.1) is 0 Å². The predicted molar refractivity (Wildman–Crippen MR) is 83.0 cm³/mol. The van der Waals surface area contributed by atoms with Crippen molar-refractivity contribution in [3.8, 4) is 0 Å². The maximum Gasteiger partial charge on any atom is 0.321 e. The molecular weight excluding hydrogens is 284 g/mol. The van der Waals surface area contributed by atoms with Crippen molar-refractivity contribution < 1.29 is 14.3 Å². The third-order valence-corrected chi connectivity index (χ3v) is 3.73. The number of urea groups is 1. The van der Waals surface area contributed by atoms with Crippen molar-refractivity contribution in [2.75, 3.05) is 43.1 Å². The van der Waals surface area contributed by atoms with Crippen LogP contribution in [0.5, 0.6) is 0 Å². The highest BCUT2D eigenvalue weighted by atomic mass is 16.5. The normalized spacial score (nSPS) is 21.5. The Hall–Kier alpha value is -2.12. The van der Waals surface area contributed by atoms with Gasteiger partial charge in [-0.1, -0.05) is 6.07 Å². The molecule has 0 saturated carbocycles. The van der Waals surface area contributed by atoms with E-state index in [-0.39, 0.29) is 18.0 Å². The molecule has 0 radical (unpaired) electrons. The van der Waals surface area contributed by atoms with Crippen LogP contribution >= 0.6 is 0 Å². The number of carbonyl (C=O) groups is 2. The number of hydrogen-bond acceptors (Lipinski definition) is 4. The Kier molecular flexibility index (Phi) is 4.55. The average molecular weight is 304 g/mol. The summed E-state index contributed by atoms with van der Waals surface area (Å²) in [6.45, 7) is 3.30. The third kappa shape index (κ3) is 3.55. The Bertz CT molecular complexity index is 557. The van der Waals surface area contributed by atoms with Crippen LogP contribution < -0.4 is 20.9 Å². The summed E-state index contributed by atoms with van der Waals surface area (Å²) in [5.74, 6) is -0.0639. The van der Waals surface area contributed by atoms with Gasteiger partial charge in [-0.25, -0.2) is 4.79 Å². The predicted octanol–water partition coefficient (Wildman–Crippen LogP) is 0.533. The summed E-state index contributed by atoms with van der Waals surface area (Å²) in [5.41, 5.74) is 1.48. The molecule has 1 unspecified atom stereocenters. The van der Waals surface area contributed by atoms with E-state index in [4.69, 9.17) is 4.74 Å². The summed E-state index contributed by atoms with van der Waals surface area (Å²) in [6.07, 6.45) is 0.369. The van der Waals surface area contributed by atoms with Gasteiger partial charge < -0.3 is 20.7 Å². The molecule has 2 saturated heterocycles. The van der Waals surface area contributed by atoms with Crippen molar-refractivity contribution in [2.24, 2.45) is 0 Å². The molecule has 118 valence electrons. The molecule has 1 aromatic carbocycles. The average Bonchev–Trinajstić information content (AvgIpc) is 2.94. The number of nitrogens with zero attached hydrogens (tertiary/aromatic N) is 1. The molecule has 0 bridgehead atoms. The van der Waals surface area contributed by atoms with Gasteiger partial charge in [0.2, 0.25) is 5.91 Å². The molecule has 0 aromatic heterocycles. The lowest BCUT2D eigenvalue weighted by Gasteiger charge is -2.23. The van der Waals surface area contributed by atoms with Crippen molar-refractivity contribution in [2.45, 2.75) is 12.5 Å². The lowest BCUT2D eigenvalue weighted by Crippen LogP contribution is -2.43. The van der Waals surface area contributed by atoms with Crippen LogP contribution in [0.1, 0.15) is 6.42 Å². The molecule has 22 heavy (non-hydrogen) atoms. The number of carbonyl (C=O) groups excluding carboxylic acids is 2. The maximum atomic E-state index is 12.1. The number of morpholine rings is 1. The van der Waals surface area contributed by atoms with Crippen LogP contribution in [-0.2, 0) is 9.53 Å². The van der Waals surface area contributed by atoms with Gasteiger partial charge in [-0.05, 0) is 18.2 Å². The molecule has 3 N–H and O–H groups in total. The van der Waals surface area contributed by atoms with E-state index in [1.165, 1.54) is 0 Å². The van der Waals surface area contributed by atoms with Crippen LogP contribution in [-0.4, -0.2) is 50.8 Å². The maximum absolute atomic E-state index is 12.1. The monoisotopic (exact) mass is 304 g/mol. The first-order chi connectivity index (χ1) is 10.7. The number of amides is 3. The van der Waals surface area contributed by atoms with E-state index >= 15 is 0 Å². The fourth-order valence-corrected chi connectivity index (χ4v) is 2.66. The van der Waals surface area contributed by atoms with E-state index in [9.17, 15) is 9.59 Å². The number of anilines is 2. The first-order valence-corrected chi connectivity index (χ1v) is 7.49. The molecule has 3 amide bonds. The fraction of sp³-hybridized carbons (Fsp3) is 0.467. The SMILES string of the molecule is O=C(CC1COCCN1)Nc1cccc(N2CCNC2=O)c1. The summed E-state index contributed by atoms with van der Waals surface area (Å²) in [5, 5.41) is 8.89. The van der Waals surface area contributed by atoms with E-state index in [2.05, 4.69) is 16.0 Å². The summed E-state index contributed by atoms with van der Waals surface area (Å²) in [7, 11) is 0. The molecular formula is C15H20N4O3. The van der Waals surface area contributed by atoms with Gasteiger partial charge >= 0.3 is 6.03 Å². The third-order valence-electron chi connectivity index (χ3n) is 3.73. The Balaban J connectivity index is 1.60. The van der Waals surface area contributed by atoms with Crippen LogP contribution in [0.3, 0.4) is 0 Å². The topological polar surface area (TPSA) is 82.7 Å². The lowest BCUT2D eigenvalue weighted by atomic mass is 10.2. The first kappa shape index (κ1) is 14.8. The van der Waals surface area contributed by atoms with E-state index < -0.39 is 0 Å². The minimum atomic E-state index is -0.105. The van der Waals surface area contributed by atoms with Gasteiger partial charge in [0.05, 0.1) is 13.2 Å². The number of benzene rings is 1. The van der Waals surface area contributed by atoms with Crippen LogP contribution in [0.25, 0.3) is 0 Å². The van der Waals surface area contributed by atoms with Crippen molar-refractivity contribution in [1.82, 2.24) is 10.6 Å². The molecule has 3 rings (SSSR count). The van der Waals surface area contributed by atoms with Gasteiger partial charge in [-0.3, -0.25) is 9.69 Å². The van der Waals surface area contributed by atoms with Crippen molar-refractivity contribution >= 4 is 23.3 Å². The van der Waals surface area contributed by atoms with Gasteiger partial charge in [0.25, 0.3) is 0 Å². The van der Waals surface area contributed by atoms with Crippen LogP contribution in [0.4, 0.5) is 16.2 Å². The van der Waals surface area contributed by atoms with Crippen molar-refractivity contribution in [1.29, 1.82) is 0 Å². The summed E-state index contributed by atoms with van der Waals surface area (Å²) < 4.78 is 5.34. The number of hydrogen-bond donors (Lipinski definition) is 3. The molecule has 1 aromatic rings. The van der Waals surface area contributed by atoms with Crippen LogP contribution in [0.2, 0.25) is 0 Å². The second kappa shape index (κ2) is 6.76. The first-order valence-electron chi connectivity index (χ1n) is 7.49. The summed E-state index contributed by atoms with van der Waals surface area (Å²) in [6, 6.07) is 7.27. The van der Waals surface area contributed by atoms with Crippen LogP contribution in [0.15, 0.2) is 24.3 Å². The Morgan fingerprint density at radius 1 is 1.41 bits per heavy atom. The lowest BCUT2D eigenvalue weighted by molar-refractivity contribution is -0.117. The second-order valence-electron chi connectivity index (χ2n) is 5.41. The number of ether oxygens (including phenoxy) is 1. The van der Waals surface area contributed by atoms with Crippen molar-refractivity contribution in [3.63, 3.8) is 0 Å². The van der Waals surface area contributed by atoms with E-state index in [1.807, 2.05) is 24.3 Å². The largest absolute Gasteiger partial charge is 0.378 e. The van der Waals surface area contributed by atoms with E-state index in [1.54, 1.807) is 4.90 Å². The molecule has 2 aliphatic heterocycles. The van der Waals surface area contributed by atoms with Gasteiger partial charge in [-0.2, -0.15) is 0 Å². The molecule has 2 heterocycles. The van der Waals surface area contributed by atoms with Gasteiger partial charge in [0, 0.05) is 43.5 Å². The highest BCUT2D eigenvalue weighted by Gasteiger charge is 2.21. The van der Waals surface area contributed by atoms with Gasteiger partial charge in [0.15, 0.2) is 0 Å². The Labute approximate surface area is 129 Å². The fourth-order valence-electron chi connectivity index (χ4n) is 2.66. The highest BCUT2D eigenvalue weighted by Crippen LogP contribution is 2.21. The minimum absolute atomic E-state index is 0.0568. The zero-order valence-corrected chi connectivity index (χ0v) is 12.3. The number of nitrogens with one attached hydrogen (secondary N) is 3. The molecule has 0 aliphatic carbocycles. The summed E-state index contributed by atoms with van der Waals surface area (Å²) in [4.78, 5) is 25.4. The minimum Gasteiger partial charge on any atom is -0.378 e. The second-order valence-corrected chi connectivity index (χ2v) is 5.41. The molecule has 1 atom stereocenters. The molecule has 7 heteroatoms. The molecule has 7 nitrogen and oxygen atoms in total. The van der Waals surface area contributed by atoms with Gasteiger partial charge in [0.1, 0.15) is 0 Å².